The zero-order valence-electron chi connectivity index (χ0n) is 11.0. The van der Waals surface area contributed by atoms with Crippen LogP contribution in [0.4, 0.5) is 0 Å². The minimum atomic E-state index is -0.422. The molecule has 0 saturated carbocycles. The summed E-state index contributed by atoms with van der Waals surface area (Å²) in [6.45, 7) is 16.0. The van der Waals surface area contributed by atoms with Crippen LogP contribution in [-0.4, -0.2) is 22.9 Å². The number of carbonyl (C=O) groups excluding carboxylic acids is 1. The van der Waals surface area contributed by atoms with E-state index in [1.807, 2.05) is 18.7 Å². The number of hydrogen-bond acceptors (Lipinski definition) is 1. The van der Waals surface area contributed by atoms with Crippen LogP contribution in [-0.2, 0) is 4.79 Å². The van der Waals surface area contributed by atoms with Crippen LogP contribution < -0.4 is 0 Å². The molecule has 0 aliphatic rings. The molecule has 15 heavy (non-hydrogen) atoms. The molecule has 0 aliphatic heterocycles. The van der Waals surface area contributed by atoms with Crippen LogP contribution in [0.3, 0.4) is 0 Å². The lowest BCUT2D eigenvalue weighted by atomic mass is 9.85. The largest absolute Gasteiger partial charge is 0.337 e. The van der Waals surface area contributed by atoms with Crippen molar-refractivity contribution >= 4 is 5.91 Å². The van der Waals surface area contributed by atoms with E-state index in [9.17, 15) is 4.79 Å². The van der Waals surface area contributed by atoms with Crippen molar-refractivity contribution in [3.63, 3.8) is 0 Å². The van der Waals surface area contributed by atoms with Gasteiger partial charge in [-0.1, -0.05) is 13.0 Å². The van der Waals surface area contributed by atoms with Gasteiger partial charge >= 0.3 is 0 Å². The summed E-state index contributed by atoms with van der Waals surface area (Å²) in [4.78, 5) is 14.3. The van der Waals surface area contributed by atoms with Gasteiger partial charge in [0.2, 0.25) is 5.91 Å². The molecular weight excluding hydrogens is 186 g/mol. The average molecular weight is 211 g/mol. The van der Waals surface area contributed by atoms with Gasteiger partial charge in [0.1, 0.15) is 0 Å². The molecule has 0 rings (SSSR count). The molecule has 0 saturated heterocycles. The van der Waals surface area contributed by atoms with Crippen LogP contribution in [0.15, 0.2) is 12.7 Å². The fourth-order valence-electron chi connectivity index (χ4n) is 1.74. The molecule has 0 N–H and O–H groups in total. The summed E-state index contributed by atoms with van der Waals surface area (Å²) in [5.74, 6) is 0.185. The minimum Gasteiger partial charge on any atom is -0.337 e. The quantitative estimate of drug-likeness (QED) is 0.639. The van der Waals surface area contributed by atoms with Gasteiger partial charge in [0, 0.05) is 12.1 Å². The molecule has 0 aliphatic carbocycles. The van der Waals surface area contributed by atoms with Gasteiger partial charge < -0.3 is 4.90 Å². The topological polar surface area (TPSA) is 20.3 Å². The van der Waals surface area contributed by atoms with E-state index in [2.05, 4.69) is 34.3 Å². The van der Waals surface area contributed by atoms with E-state index in [4.69, 9.17) is 0 Å². The van der Waals surface area contributed by atoms with Crippen molar-refractivity contribution in [2.75, 3.05) is 0 Å². The van der Waals surface area contributed by atoms with Gasteiger partial charge in [0.05, 0.1) is 5.41 Å². The maximum Gasteiger partial charge on any atom is 0.232 e. The maximum absolute atomic E-state index is 12.4. The van der Waals surface area contributed by atoms with Crippen molar-refractivity contribution in [1.29, 1.82) is 0 Å². The second kappa shape index (κ2) is 5.34. The third-order valence-electron chi connectivity index (χ3n) is 3.02. The average Bonchev–Trinajstić information content (AvgIpc) is 2.15. The Labute approximate surface area is 94.4 Å². The first-order chi connectivity index (χ1) is 6.80. The van der Waals surface area contributed by atoms with Crippen LogP contribution >= 0.6 is 0 Å². The zero-order valence-corrected chi connectivity index (χ0v) is 11.0. The lowest BCUT2D eigenvalue weighted by Gasteiger charge is -2.37. The Morgan fingerprint density at radius 1 is 1.33 bits per heavy atom. The summed E-state index contributed by atoms with van der Waals surface area (Å²) in [6.07, 6.45) is 2.57. The van der Waals surface area contributed by atoms with E-state index in [1.54, 1.807) is 6.08 Å². The standard InChI is InChI=1S/C13H25NO/c1-8-13(7,9-2)12(15)14(10(3)4)11(5)6/h8,10-11H,1,9H2,2-7H3. The second-order valence-electron chi connectivity index (χ2n) is 4.88. The normalized spacial score (nSPS) is 15.2. The molecule has 0 aromatic carbocycles. The van der Waals surface area contributed by atoms with Crippen molar-refractivity contribution in [2.45, 2.75) is 60.0 Å². The van der Waals surface area contributed by atoms with Crippen molar-refractivity contribution in [1.82, 2.24) is 4.90 Å². The molecule has 2 nitrogen and oxygen atoms in total. The van der Waals surface area contributed by atoms with Crippen LogP contribution in [0.1, 0.15) is 48.0 Å². The van der Waals surface area contributed by atoms with Crippen molar-refractivity contribution < 1.29 is 4.79 Å². The van der Waals surface area contributed by atoms with Gasteiger partial charge in [-0.05, 0) is 41.0 Å². The Balaban J connectivity index is 5.01. The van der Waals surface area contributed by atoms with E-state index in [0.29, 0.717) is 0 Å². The first kappa shape index (κ1) is 14.2. The molecule has 88 valence electrons. The molecule has 1 amide bonds. The van der Waals surface area contributed by atoms with E-state index in [1.165, 1.54) is 0 Å². The van der Waals surface area contributed by atoms with Crippen LogP contribution in [0.25, 0.3) is 0 Å². The first-order valence-electron chi connectivity index (χ1n) is 5.76. The monoisotopic (exact) mass is 211 g/mol. The van der Waals surface area contributed by atoms with E-state index in [-0.39, 0.29) is 18.0 Å². The first-order valence-corrected chi connectivity index (χ1v) is 5.76. The molecule has 0 spiro atoms. The van der Waals surface area contributed by atoms with Crippen molar-refractivity contribution in [2.24, 2.45) is 5.41 Å². The Morgan fingerprint density at radius 2 is 1.73 bits per heavy atom. The molecule has 2 heteroatoms. The van der Waals surface area contributed by atoms with E-state index < -0.39 is 5.41 Å². The Bertz CT molecular complexity index is 225. The second-order valence-corrected chi connectivity index (χ2v) is 4.88. The lowest BCUT2D eigenvalue weighted by Crippen LogP contribution is -2.48. The van der Waals surface area contributed by atoms with Gasteiger partial charge in [0.15, 0.2) is 0 Å². The Kier molecular flexibility index (Phi) is 5.06. The number of amides is 1. The lowest BCUT2D eigenvalue weighted by molar-refractivity contribution is -0.142. The SMILES string of the molecule is C=CC(C)(CC)C(=O)N(C(C)C)C(C)C. The third-order valence-corrected chi connectivity index (χ3v) is 3.02. The Morgan fingerprint density at radius 3 is 1.93 bits per heavy atom. The maximum atomic E-state index is 12.4. The molecule has 0 fully saturated rings. The molecule has 0 radical (unpaired) electrons. The van der Waals surface area contributed by atoms with Gasteiger partial charge in [-0.3, -0.25) is 4.79 Å². The molecule has 1 atom stereocenters. The van der Waals surface area contributed by atoms with E-state index in [0.717, 1.165) is 6.42 Å². The number of rotatable bonds is 5. The highest BCUT2D eigenvalue weighted by molar-refractivity contribution is 5.84. The van der Waals surface area contributed by atoms with Crippen LogP contribution in [0, 0.1) is 5.41 Å². The molecule has 0 aromatic rings. The highest BCUT2D eigenvalue weighted by atomic mass is 16.2. The highest BCUT2D eigenvalue weighted by Gasteiger charge is 2.34. The van der Waals surface area contributed by atoms with Crippen LogP contribution in [0.2, 0.25) is 0 Å². The fraction of sp³-hybridized carbons (Fsp3) is 0.769. The number of carbonyl (C=O) groups is 1. The Hall–Kier alpha value is -0.790. The van der Waals surface area contributed by atoms with Gasteiger partial charge in [-0.25, -0.2) is 0 Å². The van der Waals surface area contributed by atoms with Gasteiger partial charge in [-0.2, -0.15) is 0 Å². The van der Waals surface area contributed by atoms with Crippen molar-refractivity contribution in [3.8, 4) is 0 Å². The smallest absolute Gasteiger partial charge is 0.232 e. The highest BCUT2D eigenvalue weighted by Crippen LogP contribution is 2.27. The number of nitrogens with zero attached hydrogens (tertiary/aromatic N) is 1. The predicted molar refractivity (Wildman–Crippen MR) is 65.7 cm³/mol. The summed E-state index contributed by atoms with van der Waals surface area (Å²) in [6, 6.07) is 0.478. The summed E-state index contributed by atoms with van der Waals surface area (Å²) < 4.78 is 0. The van der Waals surface area contributed by atoms with Gasteiger partial charge in [-0.15, -0.1) is 6.58 Å². The molecule has 0 heterocycles. The zero-order chi connectivity index (χ0) is 12.2. The summed E-state index contributed by atoms with van der Waals surface area (Å²) in [5, 5.41) is 0. The predicted octanol–water partition coefficient (Wildman–Crippen LogP) is 3.23. The molecule has 0 aromatic heterocycles. The fourth-order valence-corrected chi connectivity index (χ4v) is 1.74. The van der Waals surface area contributed by atoms with Gasteiger partial charge in [0.25, 0.3) is 0 Å². The molecule has 1 unspecified atom stereocenters. The number of hydrogen-bond donors (Lipinski definition) is 0. The molecule has 0 bridgehead atoms. The minimum absolute atomic E-state index is 0.185. The third kappa shape index (κ3) is 3.08. The summed E-state index contributed by atoms with van der Waals surface area (Å²) >= 11 is 0. The molecular formula is C13H25NO. The van der Waals surface area contributed by atoms with Crippen molar-refractivity contribution in [3.05, 3.63) is 12.7 Å². The van der Waals surface area contributed by atoms with E-state index >= 15 is 0 Å². The van der Waals surface area contributed by atoms with Crippen LogP contribution in [0.5, 0.6) is 0 Å². The summed E-state index contributed by atoms with van der Waals surface area (Å²) in [5.41, 5.74) is -0.422. The summed E-state index contributed by atoms with van der Waals surface area (Å²) in [7, 11) is 0.